The van der Waals surface area contributed by atoms with Crippen molar-refractivity contribution < 1.29 is 4.79 Å². The van der Waals surface area contributed by atoms with Crippen molar-refractivity contribution in [2.45, 2.75) is 13.0 Å². The fourth-order valence-corrected chi connectivity index (χ4v) is 3.38. The molecular formula is C16H19ClN6O. The predicted octanol–water partition coefficient (Wildman–Crippen LogP) is 1.07. The lowest BCUT2D eigenvalue weighted by atomic mass is 10.1. The molecular weight excluding hydrogens is 328 g/mol. The van der Waals surface area contributed by atoms with Gasteiger partial charge in [0.05, 0.1) is 10.7 Å². The summed E-state index contributed by atoms with van der Waals surface area (Å²) in [7, 11) is 0. The molecule has 0 spiro atoms. The van der Waals surface area contributed by atoms with E-state index in [1.165, 1.54) is 0 Å². The highest BCUT2D eigenvalue weighted by Gasteiger charge is 2.28. The molecule has 0 aliphatic carbocycles. The number of hydrogen-bond acceptors (Lipinski definition) is 5. The Kier molecular flexibility index (Phi) is 4.12. The van der Waals surface area contributed by atoms with Crippen molar-refractivity contribution in [3.63, 3.8) is 0 Å². The van der Waals surface area contributed by atoms with Gasteiger partial charge in [0.25, 0.3) is 5.91 Å². The molecule has 2 N–H and O–H groups in total. The van der Waals surface area contributed by atoms with Crippen LogP contribution in [-0.2, 0) is 13.0 Å². The van der Waals surface area contributed by atoms with Crippen molar-refractivity contribution in [2.24, 2.45) is 0 Å². The second-order valence-electron chi connectivity index (χ2n) is 6.07. The lowest BCUT2D eigenvalue weighted by Crippen LogP contribution is -2.49. The summed E-state index contributed by atoms with van der Waals surface area (Å²) in [6, 6.07) is 3.75. The van der Waals surface area contributed by atoms with E-state index >= 15 is 0 Å². The topological polar surface area (TPSA) is 77.2 Å². The van der Waals surface area contributed by atoms with Crippen LogP contribution in [0.15, 0.2) is 18.3 Å². The van der Waals surface area contributed by atoms with Gasteiger partial charge in [0.1, 0.15) is 5.82 Å². The van der Waals surface area contributed by atoms with Crippen LogP contribution in [0.4, 0.5) is 5.82 Å². The highest BCUT2D eigenvalue weighted by Crippen LogP contribution is 2.20. The molecule has 1 fully saturated rings. The third kappa shape index (κ3) is 2.85. The number of hydrogen-bond donors (Lipinski definition) is 2. The van der Waals surface area contributed by atoms with Crippen molar-refractivity contribution in [2.75, 3.05) is 37.6 Å². The number of nitrogens with zero attached hydrogens (tertiary/aromatic N) is 4. The molecule has 0 saturated carbocycles. The molecule has 0 atom stereocenters. The first kappa shape index (κ1) is 15.4. The minimum absolute atomic E-state index is 0.0260. The van der Waals surface area contributed by atoms with Gasteiger partial charge in [-0.1, -0.05) is 11.6 Å². The van der Waals surface area contributed by atoms with Crippen LogP contribution in [0.3, 0.4) is 0 Å². The number of carbonyl (C=O) groups is 1. The van der Waals surface area contributed by atoms with Gasteiger partial charge in [-0.05, 0) is 25.1 Å². The predicted molar refractivity (Wildman–Crippen MR) is 91.4 cm³/mol. The van der Waals surface area contributed by atoms with Crippen LogP contribution >= 0.6 is 11.6 Å². The first-order valence-electron chi connectivity index (χ1n) is 8.15. The van der Waals surface area contributed by atoms with Crippen molar-refractivity contribution in [3.8, 4) is 0 Å². The summed E-state index contributed by atoms with van der Waals surface area (Å²) in [6.07, 6.45) is 2.50. The maximum Gasteiger partial charge on any atom is 0.274 e. The van der Waals surface area contributed by atoms with Gasteiger partial charge in [-0.25, -0.2) is 4.98 Å². The molecule has 0 bridgehead atoms. The molecule has 0 radical (unpaired) electrons. The van der Waals surface area contributed by atoms with Crippen molar-refractivity contribution in [1.29, 1.82) is 0 Å². The van der Waals surface area contributed by atoms with Crippen LogP contribution < -0.4 is 10.2 Å². The monoisotopic (exact) mass is 346 g/mol. The Morgan fingerprint density at radius 2 is 2.04 bits per heavy atom. The SMILES string of the molecule is O=C(c1n[nH]c2c1CCNC2)N1CCN(c2ccc(Cl)cn2)CC1. The lowest BCUT2D eigenvalue weighted by molar-refractivity contribution is 0.0739. The van der Waals surface area contributed by atoms with E-state index in [1.54, 1.807) is 6.20 Å². The number of aromatic amines is 1. The maximum atomic E-state index is 12.8. The summed E-state index contributed by atoms with van der Waals surface area (Å²) in [5.41, 5.74) is 2.69. The first-order chi connectivity index (χ1) is 11.7. The second kappa shape index (κ2) is 6.41. The van der Waals surface area contributed by atoms with Gasteiger partial charge in [0.15, 0.2) is 5.69 Å². The number of pyridine rings is 1. The second-order valence-corrected chi connectivity index (χ2v) is 6.51. The van der Waals surface area contributed by atoms with Gasteiger partial charge in [0, 0.05) is 44.5 Å². The summed E-state index contributed by atoms with van der Waals surface area (Å²) in [6.45, 7) is 4.50. The molecule has 126 valence electrons. The standard InChI is InChI=1S/C16H19ClN6O/c17-11-1-2-14(19-9-11)22-5-7-23(8-6-22)16(24)15-12-3-4-18-10-13(12)20-21-15/h1-2,9,18H,3-8,10H2,(H,20,21). The normalized spacial score (nSPS) is 17.7. The van der Waals surface area contributed by atoms with Gasteiger partial charge in [0.2, 0.25) is 0 Å². The number of fused-ring (bicyclic) bond motifs is 1. The van der Waals surface area contributed by atoms with Crippen LogP contribution in [0.5, 0.6) is 0 Å². The Balaban J connectivity index is 1.43. The zero-order valence-electron chi connectivity index (χ0n) is 13.3. The van der Waals surface area contributed by atoms with Crippen molar-refractivity contribution in [1.82, 2.24) is 25.4 Å². The summed E-state index contributed by atoms with van der Waals surface area (Å²) in [5.74, 6) is 0.924. The van der Waals surface area contributed by atoms with E-state index in [4.69, 9.17) is 11.6 Å². The Bertz CT molecular complexity index is 736. The number of anilines is 1. The zero-order valence-corrected chi connectivity index (χ0v) is 14.0. The van der Waals surface area contributed by atoms with E-state index in [0.717, 1.165) is 49.7 Å². The van der Waals surface area contributed by atoms with E-state index in [9.17, 15) is 4.79 Å². The van der Waals surface area contributed by atoms with Gasteiger partial charge >= 0.3 is 0 Å². The van der Waals surface area contributed by atoms with Crippen LogP contribution in [0.1, 0.15) is 21.7 Å². The lowest BCUT2D eigenvalue weighted by Gasteiger charge is -2.35. The van der Waals surface area contributed by atoms with Gasteiger partial charge in [-0.2, -0.15) is 5.10 Å². The van der Waals surface area contributed by atoms with E-state index in [0.29, 0.717) is 23.8 Å². The number of nitrogens with one attached hydrogen (secondary N) is 2. The van der Waals surface area contributed by atoms with Gasteiger partial charge in [-0.15, -0.1) is 0 Å². The summed E-state index contributed by atoms with van der Waals surface area (Å²) in [5, 5.41) is 11.2. The van der Waals surface area contributed by atoms with E-state index in [1.807, 2.05) is 17.0 Å². The van der Waals surface area contributed by atoms with Gasteiger partial charge < -0.3 is 15.1 Å². The molecule has 2 aliphatic rings. The summed E-state index contributed by atoms with van der Waals surface area (Å²) < 4.78 is 0. The number of rotatable bonds is 2. The van der Waals surface area contributed by atoms with Crippen LogP contribution in [0.2, 0.25) is 5.02 Å². The molecule has 1 amide bonds. The van der Waals surface area contributed by atoms with Gasteiger partial charge in [-0.3, -0.25) is 9.89 Å². The minimum atomic E-state index is 0.0260. The third-order valence-corrected chi connectivity index (χ3v) is 4.84. The summed E-state index contributed by atoms with van der Waals surface area (Å²) in [4.78, 5) is 21.2. The molecule has 8 heteroatoms. The number of halogens is 1. The Morgan fingerprint density at radius 1 is 1.21 bits per heavy atom. The van der Waals surface area contributed by atoms with E-state index in [2.05, 4.69) is 25.4 Å². The highest BCUT2D eigenvalue weighted by atomic mass is 35.5. The first-order valence-corrected chi connectivity index (χ1v) is 8.53. The van der Waals surface area contributed by atoms with Crippen molar-refractivity contribution >= 4 is 23.3 Å². The van der Waals surface area contributed by atoms with Crippen LogP contribution in [-0.4, -0.2) is 58.7 Å². The molecule has 7 nitrogen and oxygen atoms in total. The number of H-pyrrole nitrogens is 1. The average molecular weight is 347 g/mol. The highest BCUT2D eigenvalue weighted by molar-refractivity contribution is 6.30. The molecule has 4 rings (SSSR count). The molecule has 2 aromatic rings. The molecule has 24 heavy (non-hydrogen) atoms. The largest absolute Gasteiger partial charge is 0.353 e. The molecule has 0 aromatic carbocycles. The Morgan fingerprint density at radius 3 is 2.79 bits per heavy atom. The fraction of sp³-hybridized carbons (Fsp3) is 0.438. The van der Waals surface area contributed by atoms with Crippen LogP contribution in [0.25, 0.3) is 0 Å². The molecule has 2 aliphatic heterocycles. The molecule has 4 heterocycles. The number of piperazine rings is 1. The summed E-state index contributed by atoms with van der Waals surface area (Å²) >= 11 is 5.88. The van der Waals surface area contributed by atoms with E-state index in [-0.39, 0.29) is 5.91 Å². The van der Waals surface area contributed by atoms with Crippen LogP contribution in [0, 0.1) is 0 Å². The number of aromatic nitrogens is 3. The van der Waals surface area contributed by atoms with Crippen molar-refractivity contribution in [3.05, 3.63) is 40.3 Å². The molecule has 2 aromatic heterocycles. The zero-order chi connectivity index (χ0) is 16.5. The fourth-order valence-electron chi connectivity index (χ4n) is 3.26. The maximum absolute atomic E-state index is 12.8. The number of carbonyl (C=O) groups excluding carboxylic acids is 1. The Hall–Kier alpha value is -2.12. The average Bonchev–Trinajstić information content (AvgIpc) is 3.06. The molecule has 1 saturated heterocycles. The third-order valence-electron chi connectivity index (χ3n) is 4.61. The Labute approximate surface area is 145 Å². The minimum Gasteiger partial charge on any atom is -0.353 e. The smallest absolute Gasteiger partial charge is 0.274 e. The number of amides is 1. The quantitative estimate of drug-likeness (QED) is 0.850. The molecule has 0 unspecified atom stereocenters. The van der Waals surface area contributed by atoms with E-state index < -0.39 is 0 Å².